The van der Waals surface area contributed by atoms with Crippen LogP contribution in [0.1, 0.15) is 31.1 Å². The monoisotopic (exact) mass is 283 g/mol. The molecule has 1 aliphatic heterocycles. The summed E-state index contributed by atoms with van der Waals surface area (Å²) in [5.41, 5.74) is -0.398. The molecule has 20 heavy (non-hydrogen) atoms. The highest BCUT2D eigenvalue weighted by atomic mass is 19.2. The number of benzene rings is 1. The molecule has 0 spiro atoms. The largest absolute Gasteiger partial charge is 0.374 e. The Morgan fingerprint density at radius 3 is 2.35 bits per heavy atom. The smallest absolute Gasteiger partial charge is 0.299 e. The van der Waals surface area contributed by atoms with Crippen molar-refractivity contribution in [2.24, 2.45) is 0 Å². The zero-order valence-electron chi connectivity index (χ0n) is 11.5. The van der Waals surface area contributed by atoms with E-state index < -0.39 is 23.3 Å². The number of ketones is 1. The molecule has 0 aliphatic carbocycles. The average molecular weight is 283 g/mol. The highest BCUT2D eigenvalue weighted by Crippen LogP contribution is 2.30. The summed E-state index contributed by atoms with van der Waals surface area (Å²) in [5, 5.41) is 0. The maximum Gasteiger partial charge on any atom is 0.299 e. The Balaban J connectivity index is 2.22. The van der Waals surface area contributed by atoms with Gasteiger partial charge in [0.15, 0.2) is 11.6 Å². The molecular weight excluding hydrogens is 268 g/mol. The molecule has 1 aliphatic rings. The lowest BCUT2D eigenvalue weighted by molar-refractivity contribution is -0.114. The standard InChI is InChI=1S/C14H15F2NO3/c1-14(2,3)20-5-4-17-11-7-10(16)9(15)6-8(11)12(18)13(17)19/h6-7H,4-5H2,1-3H3. The molecule has 1 amide bonds. The van der Waals surface area contributed by atoms with Crippen molar-refractivity contribution in [1.82, 2.24) is 0 Å². The maximum absolute atomic E-state index is 13.3. The number of halogens is 2. The van der Waals surface area contributed by atoms with E-state index in [2.05, 4.69) is 0 Å². The van der Waals surface area contributed by atoms with Gasteiger partial charge in [0, 0.05) is 12.6 Å². The van der Waals surface area contributed by atoms with Crippen molar-refractivity contribution >= 4 is 17.4 Å². The summed E-state index contributed by atoms with van der Waals surface area (Å²) in [7, 11) is 0. The van der Waals surface area contributed by atoms with Crippen molar-refractivity contribution in [3.63, 3.8) is 0 Å². The molecule has 1 aromatic carbocycles. The Morgan fingerprint density at radius 2 is 1.75 bits per heavy atom. The number of amides is 1. The van der Waals surface area contributed by atoms with E-state index in [0.29, 0.717) is 0 Å². The number of rotatable bonds is 3. The van der Waals surface area contributed by atoms with Crippen LogP contribution in [0, 0.1) is 11.6 Å². The van der Waals surface area contributed by atoms with Crippen molar-refractivity contribution in [3.05, 3.63) is 29.3 Å². The lowest BCUT2D eigenvalue weighted by atomic mass is 10.1. The SMILES string of the molecule is CC(C)(C)OCCN1C(=O)C(=O)c2cc(F)c(F)cc21. The van der Waals surface area contributed by atoms with E-state index in [1.54, 1.807) is 0 Å². The van der Waals surface area contributed by atoms with Crippen molar-refractivity contribution in [1.29, 1.82) is 0 Å². The van der Waals surface area contributed by atoms with E-state index in [4.69, 9.17) is 4.74 Å². The Hall–Kier alpha value is -1.82. The molecule has 6 heteroatoms. The number of fused-ring (bicyclic) bond motifs is 1. The Labute approximate surface area is 115 Å². The molecule has 1 aromatic rings. The van der Waals surface area contributed by atoms with Crippen LogP contribution < -0.4 is 4.90 Å². The molecule has 0 atom stereocenters. The normalized spacial score (nSPS) is 14.9. The number of nitrogens with zero attached hydrogens (tertiary/aromatic N) is 1. The van der Waals surface area contributed by atoms with Gasteiger partial charge < -0.3 is 9.64 Å². The summed E-state index contributed by atoms with van der Waals surface area (Å²) >= 11 is 0. The molecule has 4 nitrogen and oxygen atoms in total. The van der Waals surface area contributed by atoms with Crippen LogP contribution in [0.25, 0.3) is 0 Å². The number of Topliss-reactive ketones (excluding diaryl/α,β-unsaturated/α-hetero) is 1. The van der Waals surface area contributed by atoms with Gasteiger partial charge in [-0.3, -0.25) is 9.59 Å². The quantitative estimate of drug-likeness (QED) is 0.800. The van der Waals surface area contributed by atoms with Gasteiger partial charge in [-0.25, -0.2) is 8.78 Å². The van der Waals surface area contributed by atoms with Gasteiger partial charge in [-0.1, -0.05) is 0 Å². The third-order valence-corrected chi connectivity index (χ3v) is 2.86. The van der Waals surface area contributed by atoms with E-state index in [9.17, 15) is 18.4 Å². The second kappa shape index (κ2) is 4.94. The molecular formula is C14H15F2NO3. The summed E-state index contributed by atoms with van der Waals surface area (Å²) in [6.45, 7) is 5.87. The molecule has 0 fully saturated rings. The van der Waals surface area contributed by atoms with E-state index >= 15 is 0 Å². The van der Waals surface area contributed by atoms with E-state index in [1.807, 2.05) is 20.8 Å². The zero-order chi connectivity index (χ0) is 15.1. The van der Waals surface area contributed by atoms with Gasteiger partial charge in [0.1, 0.15) is 0 Å². The second-order valence-electron chi connectivity index (χ2n) is 5.53. The van der Waals surface area contributed by atoms with E-state index in [1.165, 1.54) is 0 Å². The minimum atomic E-state index is -1.14. The van der Waals surface area contributed by atoms with Crippen LogP contribution >= 0.6 is 0 Å². The van der Waals surface area contributed by atoms with Crippen LogP contribution in [0.5, 0.6) is 0 Å². The van der Waals surface area contributed by atoms with Crippen molar-refractivity contribution in [2.45, 2.75) is 26.4 Å². The topological polar surface area (TPSA) is 46.6 Å². The first-order valence-corrected chi connectivity index (χ1v) is 6.20. The number of hydrogen-bond donors (Lipinski definition) is 0. The average Bonchev–Trinajstić information content (AvgIpc) is 2.54. The third kappa shape index (κ3) is 2.70. The number of ether oxygens (including phenoxy) is 1. The number of anilines is 1. The van der Waals surface area contributed by atoms with Crippen molar-refractivity contribution in [2.75, 3.05) is 18.1 Å². The van der Waals surface area contributed by atoms with Crippen LogP contribution in [0.4, 0.5) is 14.5 Å². The molecule has 0 aromatic heterocycles. The highest BCUT2D eigenvalue weighted by molar-refractivity contribution is 6.52. The van der Waals surface area contributed by atoms with Crippen LogP contribution in [-0.2, 0) is 9.53 Å². The lowest BCUT2D eigenvalue weighted by Crippen LogP contribution is -2.34. The zero-order valence-corrected chi connectivity index (χ0v) is 11.5. The first-order chi connectivity index (χ1) is 9.20. The van der Waals surface area contributed by atoms with Crippen molar-refractivity contribution < 1.29 is 23.1 Å². The lowest BCUT2D eigenvalue weighted by Gasteiger charge is -2.22. The van der Waals surface area contributed by atoms with Crippen LogP contribution in [0.2, 0.25) is 0 Å². The molecule has 1 heterocycles. The molecule has 108 valence electrons. The van der Waals surface area contributed by atoms with Crippen LogP contribution in [0.15, 0.2) is 12.1 Å². The minimum Gasteiger partial charge on any atom is -0.374 e. The number of carbonyl (C=O) groups is 2. The van der Waals surface area contributed by atoms with Crippen LogP contribution in [0.3, 0.4) is 0 Å². The van der Waals surface area contributed by atoms with Crippen molar-refractivity contribution in [3.8, 4) is 0 Å². The highest BCUT2D eigenvalue weighted by Gasteiger charge is 2.36. The van der Waals surface area contributed by atoms with Crippen LogP contribution in [-0.4, -0.2) is 30.4 Å². The van der Waals surface area contributed by atoms with Gasteiger partial charge in [0.05, 0.1) is 23.5 Å². The fourth-order valence-electron chi connectivity index (χ4n) is 1.95. The number of carbonyl (C=O) groups excluding carboxylic acids is 2. The maximum atomic E-state index is 13.3. The fraction of sp³-hybridized carbons (Fsp3) is 0.429. The first kappa shape index (κ1) is 14.6. The Kier molecular flexibility index (Phi) is 3.60. The summed E-state index contributed by atoms with van der Waals surface area (Å²) in [5.74, 6) is -3.84. The fourth-order valence-corrected chi connectivity index (χ4v) is 1.95. The Bertz CT molecular complexity index is 579. The second-order valence-corrected chi connectivity index (χ2v) is 5.53. The molecule has 0 radical (unpaired) electrons. The molecule has 0 bridgehead atoms. The van der Waals surface area contributed by atoms with Gasteiger partial charge in [0.25, 0.3) is 11.7 Å². The predicted octanol–water partition coefficient (Wildman–Crippen LogP) is 2.31. The summed E-state index contributed by atoms with van der Waals surface area (Å²) in [6.07, 6.45) is 0. The summed E-state index contributed by atoms with van der Waals surface area (Å²) in [4.78, 5) is 24.6. The molecule has 2 rings (SSSR count). The molecule has 0 saturated carbocycles. The summed E-state index contributed by atoms with van der Waals surface area (Å²) < 4.78 is 31.9. The number of hydrogen-bond acceptors (Lipinski definition) is 3. The van der Waals surface area contributed by atoms with Gasteiger partial charge >= 0.3 is 0 Å². The van der Waals surface area contributed by atoms with Gasteiger partial charge in [-0.05, 0) is 26.8 Å². The predicted molar refractivity (Wildman–Crippen MR) is 68.7 cm³/mol. The molecule has 0 saturated heterocycles. The van der Waals surface area contributed by atoms with E-state index in [-0.39, 0.29) is 30.0 Å². The van der Waals surface area contributed by atoms with Gasteiger partial charge in [-0.15, -0.1) is 0 Å². The first-order valence-electron chi connectivity index (χ1n) is 6.20. The Morgan fingerprint density at radius 1 is 1.15 bits per heavy atom. The molecule has 0 N–H and O–H groups in total. The molecule has 0 unspecified atom stereocenters. The van der Waals surface area contributed by atoms with E-state index in [0.717, 1.165) is 17.0 Å². The minimum absolute atomic E-state index is 0.0939. The van der Waals surface area contributed by atoms with Gasteiger partial charge in [0.2, 0.25) is 0 Å². The summed E-state index contributed by atoms with van der Waals surface area (Å²) in [6, 6.07) is 1.63. The van der Waals surface area contributed by atoms with Gasteiger partial charge in [-0.2, -0.15) is 0 Å². The third-order valence-electron chi connectivity index (χ3n) is 2.86.